The van der Waals surface area contributed by atoms with Gasteiger partial charge in [-0.15, -0.1) is 0 Å². The highest BCUT2D eigenvalue weighted by Crippen LogP contribution is 2.14. The van der Waals surface area contributed by atoms with Crippen LogP contribution in [0.1, 0.15) is 23.8 Å². The highest BCUT2D eigenvalue weighted by Gasteiger charge is 2.30. The van der Waals surface area contributed by atoms with Crippen molar-refractivity contribution in [3.63, 3.8) is 0 Å². The zero-order valence-corrected chi connectivity index (χ0v) is 9.08. The highest BCUT2D eigenvalue weighted by atomic mass is 16.2. The third-order valence-electron chi connectivity index (χ3n) is 2.84. The summed E-state index contributed by atoms with van der Waals surface area (Å²) in [7, 11) is 1.77. The Morgan fingerprint density at radius 3 is 3.07 bits per heavy atom. The number of aryl methyl sites for hydroxylation is 1. The lowest BCUT2D eigenvalue weighted by Gasteiger charge is -2.24. The van der Waals surface area contributed by atoms with E-state index in [-0.39, 0.29) is 11.4 Å². The van der Waals surface area contributed by atoms with Gasteiger partial charge in [-0.1, -0.05) is 0 Å². The van der Waals surface area contributed by atoms with E-state index in [9.17, 15) is 4.79 Å². The topological polar surface area (TPSA) is 59.0 Å². The largest absolute Gasteiger partial charge is 0.344 e. The van der Waals surface area contributed by atoms with Gasteiger partial charge < -0.3 is 10.6 Å². The van der Waals surface area contributed by atoms with Crippen molar-refractivity contribution in [2.75, 3.05) is 13.1 Å². The van der Waals surface area contributed by atoms with Crippen LogP contribution >= 0.6 is 0 Å². The van der Waals surface area contributed by atoms with E-state index in [1.54, 1.807) is 24.0 Å². The van der Waals surface area contributed by atoms with E-state index in [2.05, 4.69) is 22.7 Å². The maximum atomic E-state index is 11.9. The number of nitrogens with one attached hydrogen (secondary N) is 2. The summed E-state index contributed by atoms with van der Waals surface area (Å²) in [4.78, 5) is 11.9. The quantitative estimate of drug-likeness (QED) is 0.713. The molecule has 5 nitrogen and oxygen atoms in total. The second-order valence-electron chi connectivity index (χ2n) is 4.28. The average Bonchev–Trinajstić information content (AvgIpc) is 2.74. The first-order valence-electron chi connectivity index (χ1n) is 5.12. The zero-order valence-electron chi connectivity index (χ0n) is 9.08. The number of amides is 1. The van der Waals surface area contributed by atoms with Gasteiger partial charge in [0.1, 0.15) is 5.69 Å². The van der Waals surface area contributed by atoms with E-state index in [1.807, 2.05) is 0 Å². The van der Waals surface area contributed by atoms with Crippen molar-refractivity contribution in [2.45, 2.75) is 18.9 Å². The fourth-order valence-electron chi connectivity index (χ4n) is 1.86. The smallest absolute Gasteiger partial charge is 0.270 e. The van der Waals surface area contributed by atoms with Gasteiger partial charge in [-0.2, -0.15) is 5.10 Å². The van der Waals surface area contributed by atoms with Crippen LogP contribution in [0.2, 0.25) is 0 Å². The second-order valence-corrected chi connectivity index (χ2v) is 4.28. The van der Waals surface area contributed by atoms with Crippen molar-refractivity contribution >= 4 is 5.91 Å². The molecule has 0 bridgehead atoms. The van der Waals surface area contributed by atoms with Crippen LogP contribution < -0.4 is 10.6 Å². The maximum absolute atomic E-state index is 11.9. The van der Waals surface area contributed by atoms with E-state index >= 15 is 0 Å². The van der Waals surface area contributed by atoms with Crippen molar-refractivity contribution in [3.8, 4) is 0 Å². The van der Waals surface area contributed by atoms with Gasteiger partial charge in [0.05, 0.1) is 5.54 Å². The first kappa shape index (κ1) is 10.2. The fraction of sp³-hybridized carbons (Fsp3) is 0.600. The van der Waals surface area contributed by atoms with E-state index in [0.29, 0.717) is 5.69 Å². The molecular formula is C10H16N4O. The SMILES string of the molecule is Cn1nccc1C(=O)NC1(C)CCNC1. The van der Waals surface area contributed by atoms with Crippen molar-refractivity contribution < 1.29 is 4.79 Å². The molecule has 15 heavy (non-hydrogen) atoms. The van der Waals surface area contributed by atoms with E-state index in [0.717, 1.165) is 19.5 Å². The van der Waals surface area contributed by atoms with Crippen LogP contribution in [0.15, 0.2) is 12.3 Å². The predicted molar refractivity (Wildman–Crippen MR) is 56.6 cm³/mol. The summed E-state index contributed by atoms with van der Waals surface area (Å²) < 4.78 is 1.58. The summed E-state index contributed by atoms with van der Waals surface area (Å²) >= 11 is 0. The van der Waals surface area contributed by atoms with Gasteiger partial charge in [-0.3, -0.25) is 9.48 Å². The van der Waals surface area contributed by atoms with Crippen molar-refractivity contribution in [3.05, 3.63) is 18.0 Å². The van der Waals surface area contributed by atoms with E-state index in [4.69, 9.17) is 0 Å². The molecule has 1 aliphatic heterocycles. The minimum absolute atomic E-state index is 0.0544. The van der Waals surface area contributed by atoms with Gasteiger partial charge >= 0.3 is 0 Å². The van der Waals surface area contributed by atoms with Crippen LogP contribution in [0.5, 0.6) is 0 Å². The minimum Gasteiger partial charge on any atom is -0.344 e. The van der Waals surface area contributed by atoms with Crippen LogP contribution in [0, 0.1) is 0 Å². The Kier molecular flexibility index (Phi) is 2.48. The number of carbonyl (C=O) groups is 1. The maximum Gasteiger partial charge on any atom is 0.270 e. The summed E-state index contributed by atoms with van der Waals surface area (Å²) in [6.45, 7) is 3.85. The summed E-state index contributed by atoms with van der Waals surface area (Å²) in [5.74, 6) is -0.0544. The molecule has 0 aliphatic carbocycles. The van der Waals surface area contributed by atoms with Gasteiger partial charge in [0.15, 0.2) is 0 Å². The molecule has 0 aromatic carbocycles. The monoisotopic (exact) mass is 208 g/mol. The number of hydrogen-bond donors (Lipinski definition) is 2. The van der Waals surface area contributed by atoms with Crippen LogP contribution in [0.4, 0.5) is 0 Å². The Labute approximate surface area is 88.8 Å². The molecule has 0 spiro atoms. The Morgan fingerprint density at radius 1 is 1.73 bits per heavy atom. The Balaban J connectivity index is 2.07. The molecule has 1 unspecified atom stereocenters. The molecule has 0 radical (unpaired) electrons. The number of aromatic nitrogens is 2. The van der Waals surface area contributed by atoms with Crippen LogP contribution in [0.25, 0.3) is 0 Å². The Bertz CT molecular complexity index is 365. The predicted octanol–water partition coefficient (Wildman–Crippen LogP) is -0.0981. The fourth-order valence-corrected chi connectivity index (χ4v) is 1.86. The number of carbonyl (C=O) groups excluding carboxylic acids is 1. The lowest BCUT2D eigenvalue weighted by molar-refractivity contribution is 0.0903. The molecule has 1 aromatic rings. The third kappa shape index (κ3) is 2.02. The van der Waals surface area contributed by atoms with Crippen molar-refractivity contribution in [1.82, 2.24) is 20.4 Å². The van der Waals surface area contributed by atoms with Gasteiger partial charge in [-0.25, -0.2) is 0 Å². The third-order valence-corrected chi connectivity index (χ3v) is 2.84. The molecule has 1 amide bonds. The molecule has 1 aliphatic rings. The summed E-state index contributed by atoms with van der Waals surface area (Å²) in [6, 6.07) is 1.72. The highest BCUT2D eigenvalue weighted by molar-refractivity contribution is 5.93. The molecule has 2 rings (SSSR count). The lowest BCUT2D eigenvalue weighted by Crippen LogP contribution is -2.47. The van der Waals surface area contributed by atoms with Crippen molar-refractivity contribution in [1.29, 1.82) is 0 Å². The molecule has 0 saturated carbocycles. The number of nitrogens with zero attached hydrogens (tertiary/aromatic N) is 2. The number of rotatable bonds is 2. The lowest BCUT2D eigenvalue weighted by atomic mass is 10.0. The normalized spacial score (nSPS) is 25.5. The summed E-state index contributed by atoms with van der Waals surface area (Å²) in [5.41, 5.74) is 0.476. The first-order chi connectivity index (χ1) is 7.11. The molecule has 5 heteroatoms. The van der Waals surface area contributed by atoms with Crippen LogP contribution in [-0.2, 0) is 7.05 Å². The van der Waals surface area contributed by atoms with Crippen molar-refractivity contribution in [2.24, 2.45) is 7.05 Å². The van der Waals surface area contributed by atoms with Gasteiger partial charge in [-0.05, 0) is 26.0 Å². The van der Waals surface area contributed by atoms with Crippen LogP contribution in [-0.4, -0.2) is 34.3 Å². The Morgan fingerprint density at radius 2 is 2.53 bits per heavy atom. The standard InChI is InChI=1S/C10H16N4O/c1-10(4-6-11-7-10)13-9(15)8-3-5-12-14(8)2/h3,5,11H,4,6-7H2,1-2H3,(H,13,15). The summed E-state index contributed by atoms with van der Waals surface area (Å²) in [5, 5.41) is 10.3. The summed E-state index contributed by atoms with van der Waals surface area (Å²) in [6.07, 6.45) is 2.60. The molecular weight excluding hydrogens is 192 g/mol. The number of hydrogen-bond acceptors (Lipinski definition) is 3. The zero-order chi connectivity index (χ0) is 10.9. The molecule has 1 aromatic heterocycles. The molecule has 1 atom stereocenters. The first-order valence-corrected chi connectivity index (χ1v) is 5.12. The van der Waals surface area contributed by atoms with Gasteiger partial charge in [0.25, 0.3) is 5.91 Å². The van der Waals surface area contributed by atoms with Gasteiger partial charge in [0, 0.05) is 19.8 Å². The molecule has 2 heterocycles. The second kappa shape index (κ2) is 3.66. The minimum atomic E-state index is -0.124. The van der Waals surface area contributed by atoms with Crippen LogP contribution in [0.3, 0.4) is 0 Å². The van der Waals surface area contributed by atoms with E-state index in [1.165, 1.54) is 0 Å². The molecule has 2 N–H and O–H groups in total. The molecule has 82 valence electrons. The average molecular weight is 208 g/mol. The van der Waals surface area contributed by atoms with Gasteiger partial charge in [0.2, 0.25) is 0 Å². The Hall–Kier alpha value is -1.36. The molecule has 1 saturated heterocycles. The molecule has 1 fully saturated rings. The van der Waals surface area contributed by atoms with E-state index < -0.39 is 0 Å².